The SMILES string of the molecule is C=C(C)c1c(C(C)CC2CCC(C)N2C(=C)c2ncn[nH]2)nc2c(-c3ccc(-c4ccccc4)nc3)cnn2c1N. The minimum absolute atomic E-state index is 0.107. The van der Waals surface area contributed by atoms with Crippen LogP contribution in [0.25, 0.3) is 39.3 Å². The third-order valence-electron chi connectivity index (χ3n) is 8.16. The maximum atomic E-state index is 6.76. The molecule has 6 rings (SSSR count). The van der Waals surface area contributed by atoms with Crippen molar-refractivity contribution in [2.24, 2.45) is 0 Å². The van der Waals surface area contributed by atoms with Gasteiger partial charge < -0.3 is 10.6 Å². The summed E-state index contributed by atoms with van der Waals surface area (Å²) in [7, 11) is 0. The van der Waals surface area contributed by atoms with E-state index in [9.17, 15) is 0 Å². The standard InChI is InChI=1S/C32H35N9/c1-19(2)28-29(20(3)15-25-13-11-21(4)40(25)22(5)31-35-18-36-39-31)38-32-26(17-37-41(32)30(28)33)24-12-14-27(34-16-24)23-9-7-6-8-10-23/h6-10,12,14,16-18,20-21,25H,1,5,11,13,15,33H2,2-4H3,(H,35,36,39). The van der Waals surface area contributed by atoms with Gasteiger partial charge in [0, 0.05) is 46.5 Å². The van der Waals surface area contributed by atoms with E-state index in [1.54, 1.807) is 4.52 Å². The zero-order valence-electron chi connectivity index (χ0n) is 23.7. The van der Waals surface area contributed by atoms with Gasteiger partial charge in [0.2, 0.25) is 0 Å². The predicted molar refractivity (Wildman–Crippen MR) is 164 cm³/mol. The third kappa shape index (κ3) is 4.77. The lowest BCUT2D eigenvalue weighted by Gasteiger charge is -2.33. The first kappa shape index (κ1) is 26.4. The number of aromatic amines is 1. The van der Waals surface area contributed by atoms with Crippen molar-refractivity contribution in [3.8, 4) is 22.4 Å². The maximum Gasteiger partial charge on any atom is 0.171 e. The summed E-state index contributed by atoms with van der Waals surface area (Å²) in [6.45, 7) is 15.0. The Morgan fingerprint density at radius 1 is 1.07 bits per heavy atom. The molecule has 0 amide bonds. The van der Waals surface area contributed by atoms with Crippen molar-refractivity contribution in [2.45, 2.75) is 58.0 Å². The molecule has 41 heavy (non-hydrogen) atoms. The Bertz CT molecular complexity index is 1700. The van der Waals surface area contributed by atoms with Gasteiger partial charge in [-0.05, 0) is 44.7 Å². The maximum absolute atomic E-state index is 6.76. The number of nitrogens with two attached hydrogens (primary N) is 1. The van der Waals surface area contributed by atoms with Gasteiger partial charge in [0.15, 0.2) is 11.5 Å². The largest absolute Gasteiger partial charge is 0.383 e. The molecular formula is C32H35N9. The van der Waals surface area contributed by atoms with E-state index < -0.39 is 0 Å². The van der Waals surface area contributed by atoms with Gasteiger partial charge in [0.1, 0.15) is 12.1 Å². The summed E-state index contributed by atoms with van der Waals surface area (Å²) in [4.78, 5) is 16.7. The normalized spacial score (nSPS) is 17.7. The molecule has 0 aliphatic carbocycles. The van der Waals surface area contributed by atoms with Crippen LogP contribution in [-0.4, -0.2) is 51.7 Å². The van der Waals surface area contributed by atoms with E-state index >= 15 is 0 Å². The number of fused-ring (bicyclic) bond motifs is 1. The van der Waals surface area contributed by atoms with E-state index in [4.69, 9.17) is 15.7 Å². The van der Waals surface area contributed by atoms with Gasteiger partial charge in [-0.3, -0.25) is 10.1 Å². The van der Waals surface area contributed by atoms with Crippen LogP contribution in [0.1, 0.15) is 63.0 Å². The summed E-state index contributed by atoms with van der Waals surface area (Å²) in [5, 5.41) is 11.6. The molecular weight excluding hydrogens is 510 g/mol. The first-order valence-corrected chi connectivity index (χ1v) is 14.0. The van der Waals surface area contributed by atoms with Crippen molar-refractivity contribution in [2.75, 3.05) is 5.73 Å². The number of hydrogen-bond acceptors (Lipinski definition) is 7. The second kappa shape index (κ2) is 10.6. The van der Waals surface area contributed by atoms with Crippen LogP contribution in [0.3, 0.4) is 0 Å². The Kier molecular flexibility index (Phi) is 6.86. The van der Waals surface area contributed by atoms with Crippen LogP contribution in [0.15, 0.2) is 74.3 Å². The van der Waals surface area contributed by atoms with E-state index in [0.717, 1.165) is 64.2 Å². The highest BCUT2D eigenvalue weighted by Crippen LogP contribution is 2.39. The third-order valence-corrected chi connectivity index (χ3v) is 8.16. The minimum atomic E-state index is 0.107. The average molecular weight is 546 g/mol. The van der Waals surface area contributed by atoms with Crippen LogP contribution in [0, 0.1) is 0 Å². The second-order valence-electron chi connectivity index (χ2n) is 11.0. The molecule has 5 aromatic rings. The lowest BCUT2D eigenvalue weighted by Crippen LogP contribution is -2.34. The number of hydrogen-bond donors (Lipinski definition) is 2. The number of pyridine rings is 1. The number of nitrogen functional groups attached to an aromatic ring is 1. The van der Waals surface area contributed by atoms with Crippen molar-refractivity contribution >= 4 is 22.7 Å². The van der Waals surface area contributed by atoms with Crippen molar-refractivity contribution in [1.82, 2.24) is 39.7 Å². The van der Waals surface area contributed by atoms with Gasteiger partial charge in [-0.1, -0.05) is 56.5 Å². The van der Waals surface area contributed by atoms with Gasteiger partial charge in [0.25, 0.3) is 0 Å². The summed E-state index contributed by atoms with van der Waals surface area (Å²) in [6.07, 6.45) is 8.25. The number of rotatable bonds is 8. The molecule has 0 radical (unpaired) electrons. The second-order valence-corrected chi connectivity index (χ2v) is 11.0. The molecule has 1 fully saturated rings. The van der Waals surface area contributed by atoms with Crippen LogP contribution >= 0.6 is 0 Å². The van der Waals surface area contributed by atoms with E-state index in [1.165, 1.54) is 6.33 Å². The molecule has 1 aliphatic heterocycles. The van der Waals surface area contributed by atoms with Gasteiger partial charge in [-0.15, -0.1) is 0 Å². The smallest absolute Gasteiger partial charge is 0.171 e. The minimum Gasteiger partial charge on any atom is -0.383 e. The number of nitrogens with one attached hydrogen (secondary N) is 1. The lowest BCUT2D eigenvalue weighted by molar-refractivity contribution is 0.284. The molecule has 1 saturated heterocycles. The summed E-state index contributed by atoms with van der Waals surface area (Å²) < 4.78 is 1.72. The number of aromatic nitrogens is 7. The molecule has 5 heterocycles. The Labute approximate surface area is 239 Å². The van der Waals surface area contributed by atoms with Gasteiger partial charge >= 0.3 is 0 Å². The predicted octanol–water partition coefficient (Wildman–Crippen LogP) is 6.21. The van der Waals surface area contributed by atoms with Crippen molar-refractivity contribution < 1.29 is 0 Å². The molecule has 0 saturated carbocycles. The zero-order valence-corrected chi connectivity index (χ0v) is 23.7. The summed E-state index contributed by atoms with van der Waals surface area (Å²) in [5.74, 6) is 1.36. The molecule has 9 nitrogen and oxygen atoms in total. The molecule has 3 atom stereocenters. The Morgan fingerprint density at radius 3 is 2.56 bits per heavy atom. The highest BCUT2D eigenvalue weighted by molar-refractivity contribution is 5.82. The molecule has 0 bridgehead atoms. The molecule has 3 N–H and O–H groups in total. The van der Waals surface area contributed by atoms with Crippen molar-refractivity contribution in [1.29, 1.82) is 0 Å². The molecule has 1 aliphatic rings. The van der Waals surface area contributed by atoms with Crippen LogP contribution in [0.5, 0.6) is 0 Å². The van der Waals surface area contributed by atoms with Crippen LogP contribution < -0.4 is 5.73 Å². The van der Waals surface area contributed by atoms with Crippen LogP contribution in [0.2, 0.25) is 0 Å². The molecule has 208 valence electrons. The first-order chi connectivity index (χ1) is 19.8. The van der Waals surface area contributed by atoms with E-state index in [2.05, 4.69) is 70.4 Å². The fourth-order valence-corrected chi connectivity index (χ4v) is 6.14. The summed E-state index contributed by atoms with van der Waals surface area (Å²) in [6, 6.07) is 14.9. The highest BCUT2D eigenvalue weighted by Gasteiger charge is 2.35. The molecule has 0 spiro atoms. The number of likely N-dealkylation sites (tertiary alicyclic amines) is 1. The molecule has 1 aromatic carbocycles. The van der Waals surface area contributed by atoms with Crippen molar-refractivity contribution in [3.05, 3.63) is 91.4 Å². The molecule has 9 heteroatoms. The number of nitrogens with zero attached hydrogens (tertiary/aromatic N) is 7. The zero-order chi connectivity index (χ0) is 28.7. The first-order valence-electron chi connectivity index (χ1n) is 14.0. The van der Waals surface area contributed by atoms with Gasteiger partial charge in [-0.25, -0.2) is 9.97 Å². The topological polar surface area (TPSA) is 114 Å². The fourth-order valence-electron chi connectivity index (χ4n) is 6.14. The number of benzene rings is 1. The molecule has 3 unspecified atom stereocenters. The summed E-state index contributed by atoms with van der Waals surface area (Å²) in [5.41, 5.74) is 14.8. The fraction of sp³-hybridized carbons (Fsp3) is 0.281. The average Bonchev–Trinajstić information content (AvgIpc) is 3.74. The lowest BCUT2D eigenvalue weighted by atomic mass is 9.91. The summed E-state index contributed by atoms with van der Waals surface area (Å²) >= 11 is 0. The number of H-pyrrole nitrogens is 1. The van der Waals surface area contributed by atoms with Crippen LogP contribution in [0.4, 0.5) is 5.82 Å². The van der Waals surface area contributed by atoms with Gasteiger partial charge in [0.05, 0.1) is 23.3 Å². The van der Waals surface area contributed by atoms with E-state index in [-0.39, 0.29) is 12.0 Å². The Hall–Kier alpha value is -4.79. The van der Waals surface area contributed by atoms with Gasteiger partial charge in [-0.2, -0.15) is 14.7 Å². The Balaban J connectivity index is 1.35. The van der Waals surface area contributed by atoms with Crippen molar-refractivity contribution in [3.63, 3.8) is 0 Å². The quantitative estimate of drug-likeness (QED) is 0.238. The monoisotopic (exact) mass is 545 g/mol. The number of anilines is 1. The van der Waals surface area contributed by atoms with E-state index in [0.29, 0.717) is 23.3 Å². The van der Waals surface area contributed by atoms with Crippen LogP contribution in [-0.2, 0) is 0 Å². The molecule has 4 aromatic heterocycles. The number of allylic oxidation sites excluding steroid dienone is 1. The van der Waals surface area contributed by atoms with E-state index in [1.807, 2.05) is 43.6 Å². The highest BCUT2D eigenvalue weighted by atomic mass is 15.3. The Morgan fingerprint density at radius 2 is 1.88 bits per heavy atom.